The summed E-state index contributed by atoms with van der Waals surface area (Å²) < 4.78 is 0. The molecule has 0 fully saturated rings. The summed E-state index contributed by atoms with van der Waals surface area (Å²) in [6.45, 7) is 0. The minimum absolute atomic E-state index is 1.22. The second kappa shape index (κ2) is 10.9. The summed E-state index contributed by atoms with van der Waals surface area (Å²) in [6, 6.07) is 66.4. The smallest absolute Gasteiger partial charge is 0.00201 e. The van der Waals surface area contributed by atoms with Crippen molar-refractivity contribution in [2.45, 2.75) is 0 Å². The van der Waals surface area contributed by atoms with Crippen molar-refractivity contribution in [1.82, 2.24) is 0 Å². The van der Waals surface area contributed by atoms with Crippen molar-refractivity contribution in [2.24, 2.45) is 0 Å². The van der Waals surface area contributed by atoms with Crippen LogP contribution in [0.2, 0.25) is 0 Å². The van der Waals surface area contributed by atoms with Gasteiger partial charge in [-0.3, -0.25) is 0 Å². The van der Waals surface area contributed by atoms with Crippen molar-refractivity contribution in [3.05, 3.63) is 182 Å². The van der Waals surface area contributed by atoms with Crippen LogP contribution < -0.4 is 0 Å². The summed E-state index contributed by atoms with van der Waals surface area (Å²) in [4.78, 5) is 0. The molecule has 0 aliphatic rings. The Morgan fingerprint density at radius 2 is 0.696 bits per heavy atom. The molecule has 46 heavy (non-hydrogen) atoms. The molecule has 0 spiro atoms. The second-order valence-electron chi connectivity index (χ2n) is 12.1. The molecular weight excluding hydrogens is 553 g/mol. The van der Waals surface area contributed by atoms with E-state index in [1.54, 1.807) is 0 Å². The van der Waals surface area contributed by atoms with E-state index in [2.05, 4.69) is 182 Å². The van der Waals surface area contributed by atoms with Gasteiger partial charge in [0.05, 0.1) is 0 Å². The molecule has 0 N–H and O–H groups in total. The van der Waals surface area contributed by atoms with E-state index >= 15 is 0 Å². The second-order valence-corrected chi connectivity index (χ2v) is 12.1. The maximum absolute atomic E-state index is 2.30. The quantitative estimate of drug-likeness (QED) is 0.181. The molecule has 0 unspecified atom stereocenters. The third kappa shape index (κ3) is 4.30. The maximum Gasteiger partial charge on any atom is -0.00201 e. The molecule has 9 aromatic carbocycles. The Kier molecular flexibility index (Phi) is 6.25. The van der Waals surface area contributed by atoms with Gasteiger partial charge in [0.25, 0.3) is 0 Å². The molecule has 0 nitrogen and oxygen atoms in total. The molecule has 0 aliphatic carbocycles. The molecule has 0 bridgehead atoms. The van der Waals surface area contributed by atoms with Gasteiger partial charge in [-0.05, 0) is 93.7 Å². The summed E-state index contributed by atoms with van der Waals surface area (Å²) in [5.74, 6) is 0. The van der Waals surface area contributed by atoms with Crippen molar-refractivity contribution < 1.29 is 0 Å². The molecule has 214 valence electrons. The summed E-state index contributed by atoms with van der Waals surface area (Å²) >= 11 is 0. The van der Waals surface area contributed by atoms with Crippen LogP contribution in [0.4, 0.5) is 0 Å². The first-order valence-electron chi connectivity index (χ1n) is 15.9. The minimum Gasteiger partial charge on any atom is -0.0622 e. The van der Waals surface area contributed by atoms with Gasteiger partial charge < -0.3 is 0 Å². The van der Waals surface area contributed by atoms with Crippen molar-refractivity contribution in [1.29, 1.82) is 0 Å². The summed E-state index contributed by atoms with van der Waals surface area (Å²) in [5, 5.41) is 10.2. The predicted octanol–water partition coefficient (Wildman–Crippen LogP) is 13.0. The highest BCUT2D eigenvalue weighted by molar-refractivity contribution is 6.23. The molecule has 0 heteroatoms. The molecule has 0 saturated carbocycles. The molecule has 0 saturated heterocycles. The first kappa shape index (κ1) is 26.4. The van der Waals surface area contributed by atoms with Crippen molar-refractivity contribution in [2.75, 3.05) is 0 Å². The number of rotatable bonds is 4. The van der Waals surface area contributed by atoms with Gasteiger partial charge >= 0.3 is 0 Å². The molecule has 0 amide bonds. The third-order valence-corrected chi connectivity index (χ3v) is 9.46. The van der Waals surface area contributed by atoms with Crippen LogP contribution in [0.25, 0.3) is 87.6 Å². The number of fused-ring (bicyclic) bond motifs is 4. The number of benzene rings is 9. The Balaban J connectivity index is 1.21. The Hall–Kier alpha value is -5.98. The molecule has 0 aromatic heterocycles. The zero-order valence-electron chi connectivity index (χ0n) is 25.3. The molecular formula is C46H30. The van der Waals surface area contributed by atoms with Gasteiger partial charge in [0.1, 0.15) is 0 Å². The van der Waals surface area contributed by atoms with Crippen LogP contribution in [0.3, 0.4) is 0 Å². The van der Waals surface area contributed by atoms with Crippen molar-refractivity contribution in [3.63, 3.8) is 0 Å². The lowest BCUT2D eigenvalue weighted by atomic mass is 9.84. The lowest BCUT2D eigenvalue weighted by Gasteiger charge is -2.19. The molecule has 9 aromatic rings. The third-order valence-electron chi connectivity index (χ3n) is 9.46. The first-order valence-corrected chi connectivity index (χ1v) is 15.9. The highest BCUT2D eigenvalue weighted by Crippen LogP contribution is 2.45. The van der Waals surface area contributed by atoms with Crippen molar-refractivity contribution >= 4 is 43.1 Å². The van der Waals surface area contributed by atoms with E-state index in [1.807, 2.05) is 0 Å². The monoisotopic (exact) mass is 582 g/mol. The van der Waals surface area contributed by atoms with Crippen LogP contribution in [0.5, 0.6) is 0 Å². The fourth-order valence-electron chi connectivity index (χ4n) is 7.34. The Labute approximate surface area is 268 Å². The largest absolute Gasteiger partial charge is 0.0622 e. The van der Waals surface area contributed by atoms with Gasteiger partial charge in [0.15, 0.2) is 0 Å². The fraction of sp³-hybridized carbons (Fsp3) is 0. The summed E-state index contributed by atoms with van der Waals surface area (Å²) in [5.41, 5.74) is 10.1. The van der Waals surface area contributed by atoms with Gasteiger partial charge in [0, 0.05) is 0 Å². The summed E-state index contributed by atoms with van der Waals surface area (Å²) in [6.07, 6.45) is 0. The van der Waals surface area contributed by atoms with Gasteiger partial charge in [-0.15, -0.1) is 0 Å². The topological polar surface area (TPSA) is 0 Å². The molecule has 0 atom stereocenters. The van der Waals surface area contributed by atoms with E-state index in [1.165, 1.54) is 87.6 Å². The van der Waals surface area contributed by atoms with E-state index in [9.17, 15) is 0 Å². The highest BCUT2D eigenvalue weighted by Gasteiger charge is 2.18. The predicted molar refractivity (Wildman–Crippen MR) is 198 cm³/mol. The van der Waals surface area contributed by atoms with E-state index in [0.717, 1.165) is 0 Å². The van der Waals surface area contributed by atoms with Crippen molar-refractivity contribution in [3.8, 4) is 44.5 Å². The average Bonchev–Trinajstić information content (AvgIpc) is 3.13. The molecule has 9 rings (SSSR count). The van der Waals surface area contributed by atoms with Gasteiger partial charge in [0.2, 0.25) is 0 Å². The van der Waals surface area contributed by atoms with Gasteiger partial charge in [-0.2, -0.15) is 0 Å². The van der Waals surface area contributed by atoms with Crippen LogP contribution in [0, 0.1) is 0 Å². The maximum atomic E-state index is 2.30. The van der Waals surface area contributed by atoms with E-state index in [0.29, 0.717) is 0 Å². The molecule has 0 radical (unpaired) electrons. The Bertz CT molecular complexity index is 2490. The van der Waals surface area contributed by atoms with Gasteiger partial charge in [-0.1, -0.05) is 176 Å². The average molecular weight is 583 g/mol. The first-order chi connectivity index (χ1) is 22.8. The minimum atomic E-state index is 1.22. The fourth-order valence-corrected chi connectivity index (χ4v) is 7.34. The highest BCUT2D eigenvalue weighted by atomic mass is 14.2. The molecule has 0 aliphatic heterocycles. The lowest BCUT2D eigenvalue weighted by Crippen LogP contribution is -1.91. The normalized spacial score (nSPS) is 11.5. The van der Waals surface area contributed by atoms with E-state index in [-0.39, 0.29) is 0 Å². The van der Waals surface area contributed by atoms with E-state index in [4.69, 9.17) is 0 Å². The summed E-state index contributed by atoms with van der Waals surface area (Å²) in [7, 11) is 0. The number of hydrogen-bond acceptors (Lipinski definition) is 0. The Morgan fingerprint density at radius 3 is 1.39 bits per heavy atom. The van der Waals surface area contributed by atoms with Crippen LogP contribution in [0.15, 0.2) is 182 Å². The Morgan fingerprint density at radius 1 is 0.217 bits per heavy atom. The van der Waals surface area contributed by atoms with Crippen LogP contribution in [-0.4, -0.2) is 0 Å². The van der Waals surface area contributed by atoms with Crippen LogP contribution in [-0.2, 0) is 0 Å². The lowest BCUT2D eigenvalue weighted by molar-refractivity contribution is 1.62. The standard InChI is InChI=1S/C46H30/c1-2-12-31(13-3-1)35-28-29-39-36(30-35)16-11-22-37(39)33-24-26-34(27-25-33)45-41-18-6-8-20-43(41)46(44-21-9-7-19-42(44)45)40-23-10-15-32-14-4-5-17-38(32)40/h1-30H. The van der Waals surface area contributed by atoms with Crippen LogP contribution >= 0.6 is 0 Å². The SMILES string of the molecule is c1ccc(-c2ccc3c(-c4ccc(-c5c6ccccc6c(-c6cccc7ccccc67)c6ccccc56)cc4)cccc3c2)cc1. The molecule has 0 heterocycles. The van der Waals surface area contributed by atoms with Gasteiger partial charge in [-0.25, -0.2) is 0 Å². The van der Waals surface area contributed by atoms with E-state index < -0.39 is 0 Å². The zero-order valence-corrected chi connectivity index (χ0v) is 25.3. The zero-order chi connectivity index (χ0) is 30.5. The van der Waals surface area contributed by atoms with Crippen LogP contribution in [0.1, 0.15) is 0 Å². The number of hydrogen-bond donors (Lipinski definition) is 0.